The van der Waals surface area contributed by atoms with Crippen molar-refractivity contribution in [3.63, 3.8) is 0 Å². The first kappa shape index (κ1) is 12.0. The van der Waals surface area contributed by atoms with Crippen molar-refractivity contribution >= 4 is 0 Å². The molecular formula is C12H25NO. The van der Waals surface area contributed by atoms with E-state index in [0.29, 0.717) is 12.1 Å². The van der Waals surface area contributed by atoms with Crippen molar-refractivity contribution in [3.8, 4) is 0 Å². The minimum absolute atomic E-state index is 0.491. The number of nitrogens with one attached hydrogen (secondary N) is 1. The molecule has 1 heterocycles. The highest BCUT2D eigenvalue weighted by Gasteiger charge is 2.16. The van der Waals surface area contributed by atoms with E-state index in [1.54, 1.807) is 0 Å². The zero-order valence-corrected chi connectivity index (χ0v) is 9.72. The molecule has 1 rings (SSSR count). The van der Waals surface area contributed by atoms with Crippen molar-refractivity contribution in [2.75, 3.05) is 13.2 Å². The van der Waals surface area contributed by atoms with Crippen LogP contribution in [0.4, 0.5) is 0 Å². The summed E-state index contributed by atoms with van der Waals surface area (Å²) in [4.78, 5) is 0. The smallest absolute Gasteiger partial charge is 0.0700 e. The third-order valence-corrected chi connectivity index (χ3v) is 3.06. The van der Waals surface area contributed by atoms with E-state index < -0.39 is 0 Å². The van der Waals surface area contributed by atoms with Crippen LogP contribution in [0.25, 0.3) is 0 Å². The van der Waals surface area contributed by atoms with Crippen LogP contribution < -0.4 is 5.32 Å². The molecule has 14 heavy (non-hydrogen) atoms. The molecule has 0 aromatic carbocycles. The molecule has 0 unspecified atom stereocenters. The minimum Gasteiger partial charge on any atom is -0.377 e. The van der Waals surface area contributed by atoms with Gasteiger partial charge in [-0.05, 0) is 25.7 Å². The summed E-state index contributed by atoms with van der Waals surface area (Å²) in [5.41, 5.74) is 0. The van der Waals surface area contributed by atoms with Gasteiger partial charge in [0.15, 0.2) is 0 Å². The molecule has 0 radical (unpaired) electrons. The quantitative estimate of drug-likeness (QED) is 0.680. The van der Waals surface area contributed by atoms with Gasteiger partial charge < -0.3 is 10.1 Å². The maximum absolute atomic E-state index is 5.59. The highest BCUT2D eigenvalue weighted by Crippen LogP contribution is 2.12. The Morgan fingerprint density at radius 1 is 1.43 bits per heavy atom. The molecule has 1 N–H and O–H groups in total. The largest absolute Gasteiger partial charge is 0.377 e. The lowest BCUT2D eigenvalue weighted by Gasteiger charge is -2.19. The lowest BCUT2D eigenvalue weighted by molar-refractivity contribution is 0.107. The molecule has 0 amide bonds. The summed E-state index contributed by atoms with van der Waals surface area (Å²) < 4.78 is 5.59. The predicted octanol–water partition coefficient (Wildman–Crippen LogP) is 2.72. The molecular weight excluding hydrogens is 174 g/mol. The summed E-state index contributed by atoms with van der Waals surface area (Å²) in [5, 5.41) is 3.62. The fourth-order valence-corrected chi connectivity index (χ4v) is 2.00. The van der Waals surface area contributed by atoms with Crippen LogP contribution in [-0.2, 0) is 4.74 Å². The standard InChI is InChI=1S/C12H25NO/c1-3-5-7-11(4-2)13-10-12-8-6-9-14-12/h11-13H,3-10H2,1-2H3/t11-,12-/m0/s1. The van der Waals surface area contributed by atoms with Crippen molar-refractivity contribution in [1.82, 2.24) is 5.32 Å². The Morgan fingerprint density at radius 3 is 2.86 bits per heavy atom. The second-order valence-corrected chi connectivity index (χ2v) is 4.29. The second-order valence-electron chi connectivity index (χ2n) is 4.29. The normalized spacial score (nSPS) is 24.0. The fourth-order valence-electron chi connectivity index (χ4n) is 2.00. The second kappa shape index (κ2) is 7.24. The molecule has 2 atom stereocenters. The highest BCUT2D eigenvalue weighted by atomic mass is 16.5. The minimum atomic E-state index is 0.491. The number of ether oxygens (including phenoxy) is 1. The molecule has 0 aromatic rings. The van der Waals surface area contributed by atoms with Crippen molar-refractivity contribution in [2.45, 2.75) is 64.5 Å². The summed E-state index contributed by atoms with van der Waals surface area (Å²) in [5.74, 6) is 0. The maximum atomic E-state index is 5.59. The molecule has 1 fully saturated rings. The fraction of sp³-hybridized carbons (Fsp3) is 1.00. The number of hydrogen-bond acceptors (Lipinski definition) is 2. The zero-order valence-electron chi connectivity index (χ0n) is 9.72. The summed E-state index contributed by atoms with van der Waals surface area (Å²) in [6.45, 7) is 6.55. The van der Waals surface area contributed by atoms with Gasteiger partial charge in [-0.25, -0.2) is 0 Å². The number of unbranched alkanes of at least 4 members (excludes halogenated alkanes) is 1. The zero-order chi connectivity index (χ0) is 10.2. The lowest BCUT2D eigenvalue weighted by Crippen LogP contribution is -2.35. The average Bonchev–Trinajstić information content (AvgIpc) is 2.71. The number of rotatable bonds is 7. The third kappa shape index (κ3) is 4.43. The van der Waals surface area contributed by atoms with E-state index in [-0.39, 0.29) is 0 Å². The SMILES string of the molecule is CCCC[C@H](CC)NC[C@@H]1CCCO1. The van der Waals surface area contributed by atoms with Gasteiger partial charge in [0.1, 0.15) is 0 Å². The first-order valence-corrected chi connectivity index (χ1v) is 6.21. The van der Waals surface area contributed by atoms with E-state index in [2.05, 4.69) is 19.2 Å². The summed E-state index contributed by atoms with van der Waals surface area (Å²) in [6, 6.07) is 0.708. The van der Waals surface area contributed by atoms with Crippen LogP contribution in [0.2, 0.25) is 0 Å². The van der Waals surface area contributed by atoms with E-state index in [0.717, 1.165) is 13.2 Å². The summed E-state index contributed by atoms with van der Waals surface area (Å²) in [6.07, 6.45) is 8.20. The Bertz CT molecular complexity index is 132. The molecule has 0 aliphatic carbocycles. The van der Waals surface area contributed by atoms with E-state index >= 15 is 0 Å². The van der Waals surface area contributed by atoms with E-state index in [1.165, 1.54) is 38.5 Å². The van der Waals surface area contributed by atoms with Crippen molar-refractivity contribution < 1.29 is 4.74 Å². The molecule has 84 valence electrons. The molecule has 0 aromatic heterocycles. The van der Waals surface area contributed by atoms with E-state index in [1.807, 2.05) is 0 Å². The Balaban J connectivity index is 2.06. The molecule has 0 spiro atoms. The van der Waals surface area contributed by atoms with Gasteiger partial charge in [0.05, 0.1) is 6.10 Å². The van der Waals surface area contributed by atoms with Crippen LogP contribution in [0.15, 0.2) is 0 Å². The Morgan fingerprint density at radius 2 is 2.29 bits per heavy atom. The van der Waals surface area contributed by atoms with Gasteiger partial charge in [-0.1, -0.05) is 26.7 Å². The molecule has 0 saturated carbocycles. The van der Waals surface area contributed by atoms with Crippen LogP contribution in [0.5, 0.6) is 0 Å². The summed E-state index contributed by atoms with van der Waals surface area (Å²) in [7, 11) is 0. The van der Waals surface area contributed by atoms with Crippen LogP contribution in [-0.4, -0.2) is 25.3 Å². The monoisotopic (exact) mass is 199 g/mol. The summed E-state index contributed by atoms with van der Waals surface area (Å²) >= 11 is 0. The van der Waals surface area contributed by atoms with Gasteiger partial charge in [0.2, 0.25) is 0 Å². The molecule has 1 aliphatic rings. The third-order valence-electron chi connectivity index (χ3n) is 3.06. The van der Waals surface area contributed by atoms with Gasteiger partial charge in [-0.15, -0.1) is 0 Å². The average molecular weight is 199 g/mol. The van der Waals surface area contributed by atoms with Gasteiger partial charge in [-0.3, -0.25) is 0 Å². The van der Waals surface area contributed by atoms with Gasteiger partial charge in [-0.2, -0.15) is 0 Å². The molecule has 1 aliphatic heterocycles. The van der Waals surface area contributed by atoms with Crippen LogP contribution in [0.1, 0.15) is 52.4 Å². The molecule has 2 heteroatoms. The first-order chi connectivity index (χ1) is 6.86. The van der Waals surface area contributed by atoms with Crippen molar-refractivity contribution in [1.29, 1.82) is 0 Å². The topological polar surface area (TPSA) is 21.3 Å². The van der Waals surface area contributed by atoms with Gasteiger partial charge in [0, 0.05) is 19.2 Å². The molecule has 0 bridgehead atoms. The van der Waals surface area contributed by atoms with E-state index in [9.17, 15) is 0 Å². The van der Waals surface area contributed by atoms with Gasteiger partial charge >= 0.3 is 0 Å². The highest BCUT2D eigenvalue weighted by molar-refractivity contribution is 4.71. The predicted molar refractivity (Wildman–Crippen MR) is 60.6 cm³/mol. The molecule has 2 nitrogen and oxygen atoms in total. The van der Waals surface area contributed by atoms with Crippen LogP contribution >= 0.6 is 0 Å². The first-order valence-electron chi connectivity index (χ1n) is 6.21. The van der Waals surface area contributed by atoms with Crippen molar-refractivity contribution in [2.24, 2.45) is 0 Å². The Labute approximate surface area is 88.4 Å². The van der Waals surface area contributed by atoms with Crippen LogP contribution in [0, 0.1) is 0 Å². The maximum Gasteiger partial charge on any atom is 0.0700 e. The molecule has 1 saturated heterocycles. The number of hydrogen-bond donors (Lipinski definition) is 1. The van der Waals surface area contributed by atoms with Crippen molar-refractivity contribution in [3.05, 3.63) is 0 Å². The van der Waals surface area contributed by atoms with Gasteiger partial charge in [0.25, 0.3) is 0 Å². The lowest BCUT2D eigenvalue weighted by atomic mass is 10.1. The van der Waals surface area contributed by atoms with Crippen LogP contribution in [0.3, 0.4) is 0 Å². The Kier molecular flexibility index (Phi) is 6.20. The Hall–Kier alpha value is -0.0800. The van der Waals surface area contributed by atoms with E-state index in [4.69, 9.17) is 4.74 Å².